The van der Waals surface area contributed by atoms with E-state index in [4.69, 9.17) is 0 Å². The van der Waals surface area contributed by atoms with Gasteiger partial charge in [0.05, 0.1) is 17.8 Å². The van der Waals surface area contributed by atoms with Crippen LogP contribution in [0, 0.1) is 12.7 Å². The molecule has 3 aromatic heterocycles. The zero-order chi connectivity index (χ0) is 22.2. The maximum atomic E-state index is 13.7. The van der Waals surface area contributed by atoms with E-state index in [1.165, 1.54) is 18.5 Å². The van der Waals surface area contributed by atoms with E-state index in [1.807, 2.05) is 38.1 Å². The highest BCUT2D eigenvalue weighted by Crippen LogP contribution is 2.28. The van der Waals surface area contributed by atoms with Crippen LogP contribution in [0.25, 0.3) is 27.6 Å². The molecule has 160 valence electrons. The minimum atomic E-state index is -0.354. The van der Waals surface area contributed by atoms with Crippen LogP contribution < -0.4 is 10.9 Å². The highest BCUT2D eigenvalue weighted by Gasteiger charge is 2.21. The number of aromatic amines is 1. The molecule has 3 heterocycles. The molecule has 5 rings (SSSR count). The molecule has 7 nitrogen and oxygen atoms in total. The van der Waals surface area contributed by atoms with Crippen molar-refractivity contribution in [2.75, 3.05) is 5.32 Å². The molecule has 2 aromatic carbocycles. The molecule has 0 unspecified atom stereocenters. The Kier molecular flexibility index (Phi) is 4.89. The first-order valence-electron chi connectivity index (χ1n) is 10.4. The summed E-state index contributed by atoms with van der Waals surface area (Å²) in [5.74, 6) is 0.220. The highest BCUT2D eigenvalue weighted by molar-refractivity contribution is 5.86. The maximum absolute atomic E-state index is 13.7. The molecule has 0 aliphatic rings. The smallest absolute Gasteiger partial charge is 0.263 e. The highest BCUT2D eigenvalue weighted by atomic mass is 19.1. The fourth-order valence-electron chi connectivity index (χ4n) is 4.09. The molecule has 0 saturated heterocycles. The van der Waals surface area contributed by atoms with Crippen LogP contribution in [-0.4, -0.2) is 24.5 Å². The summed E-state index contributed by atoms with van der Waals surface area (Å²) >= 11 is 0. The zero-order valence-electron chi connectivity index (χ0n) is 17.6. The molecule has 0 radical (unpaired) electrons. The second-order valence-electron chi connectivity index (χ2n) is 7.65. The molecule has 0 bridgehead atoms. The summed E-state index contributed by atoms with van der Waals surface area (Å²) in [4.78, 5) is 29.5. The molecule has 0 amide bonds. The number of anilines is 1. The van der Waals surface area contributed by atoms with Crippen molar-refractivity contribution in [1.29, 1.82) is 0 Å². The van der Waals surface area contributed by atoms with Crippen LogP contribution in [0.5, 0.6) is 0 Å². The Morgan fingerprint density at radius 2 is 1.94 bits per heavy atom. The summed E-state index contributed by atoms with van der Waals surface area (Å²) in [5.41, 5.74) is 3.36. The molecule has 8 heteroatoms. The van der Waals surface area contributed by atoms with E-state index in [0.717, 1.165) is 16.6 Å². The van der Waals surface area contributed by atoms with E-state index in [-0.39, 0.29) is 17.4 Å². The lowest BCUT2D eigenvalue weighted by Gasteiger charge is -2.23. The van der Waals surface area contributed by atoms with Crippen LogP contribution in [0.15, 0.2) is 66.0 Å². The van der Waals surface area contributed by atoms with Gasteiger partial charge in [-0.15, -0.1) is 0 Å². The number of hydrogen-bond acceptors (Lipinski definition) is 5. The molecule has 2 N–H and O–H groups in total. The molecule has 0 fully saturated rings. The fourth-order valence-corrected chi connectivity index (χ4v) is 4.09. The Balaban J connectivity index is 1.74. The predicted octanol–water partition coefficient (Wildman–Crippen LogP) is 4.67. The molecule has 5 aromatic rings. The Morgan fingerprint density at radius 1 is 1.12 bits per heavy atom. The number of hydrogen-bond donors (Lipinski definition) is 2. The van der Waals surface area contributed by atoms with Crippen molar-refractivity contribution in [2.45, 2.75) is 26.3 Å². The first-order valence-corrected chi connectivity index (χ1v) is 10.4. The number of aryl methyl sites for hydroxylation is 1. The maximum Gasteiger partial charge on any atom is 0.263 e. The van der Waals surface area contributed by atoms with Gasteiger partial charge in [-0.2, -0.15) is 0 Å². The number of halogens is 1. The van der Waals surface area contributed by atoms with E-state index >= 15 is 0 Å². The number of fused-ring (bicyclic) bond motifs is 2. The van der Waals surface area contributed by atoms with Gasteiger partial charge in [-0.1, -0.05) is 25.1 Å². The lowest BCUT2D eigenvalue weighted by molar-refractivity contribution is 0.626. The first-order chi connectivity index (χ1) is 15.6. The third-order valence-electron chi connectivity index (χ3n) is 5.66. The molecular weight excluding hydrogens is 407 g/mol. The van der Waals surface area contributed by atoms with Gasteiger partial charge in [0.25, 0.3) is 5.56 Å². The van der Waals surface area contributed by atoms with Crippen LogP contribution in [0.4, 0.5) is 10.2 Å². The third-order valence-corrected chi connectivity index (χ3v) is 5.66. The van der Waals surface area contributed by atoms with Crippen LogP contribution in [-0.2, 0) is 0 Å². The number of imidazole rings is 1. The van der Waals surface area contributed by atoms with E-state index in [1.54, 1.807) is 23.0 Å². The average Bonchev–Trinajstić information content (AvgIpc) is 3.28. The quantitative estimate of drug-likeness (QED) is 0.425. The summed E-state index contributed by atoms with van der Waals surface area (Å²) in [6.45, 7) is 3.95. The molecule has 1 atom stereocenters. The molecule has 0 saturated carbocycles. The molecule has 0 aliphatic carbocycles. The topological polar surface area (TPSA) is 88.5 Å². The molecule has 0 spiro atoms. The van der Waals surface area contributed by atoms with Crippen LogP contribution in [0.2, 0.25) is 0 Å². The van der Waals surface area contributed by atoms with E-state index < -0.39 is 0 Å². The Hall–Kier alpha value is -4.07. The fraction of sp³-hybridized carbons (Fsp3) is 0.167. The Labute approximate surface area is 183 Å². The van der Waals surface area contributed by atoms with Gasteiger partial charge in [0.1, 0.15) is 17.7 Å². The number of nitrogens with one attached hydrogen (secondary N) is 2. The second-order valence-corrected chi connectivity index (χ2v) is 7.65. The second kappa shape index (κ2) is 7.88. The van der Waals surface area contributed by atoms with Gasteiger partial charge in [0.2, 0.25) is 0 Å². The standard InChI is InChI=1S/C24H21FN6O/c1-3-18(30-23-21-22(27-12-26-21)28-13-29-23)19-11-15-6-4-5-14(2)20(15)24(32)31(19)17-9-7-16(25)8-10-17/h4-13,18H,3H2,1-2H3,(H2,26,27,28,29,30)/t18-/m1/s1. The van der Waals surface area contributed by atoms with Crippen molar-refractivity contribution in [3.8, 4) is 5.69 Å². The number of H-pyrrole nitrogens is 1. The minimum Gasteiger partial charge on any atom is -0.360 e. The average molecular weight is 428 g/mol. The van der Waals surface area contributed by atoms with Gasteiger partial charge >= 0.3 is 0 Å². The van der Waals surface area contributed by atoms with Gasteiger partial charge < -0.3 is 10.3 Å². The Morgan fingerprint density at radius 3 is 2.72 bits per heavy atom. The van der Waals surface area contributed by atoms with Crippen LogP contribution in [0.1, 0.15) is 30.6 Å². The van der Waals surface area contributed by atoms with Crippen molar-refractivity contribution in [3.05, 3.63) is 88.6 Å². The summed E-state index contributed by atoms with van der Waals surface area (Å²) in [7, 11) is 0. The van der Waals surface area contributed by atoms with Crippen LogP contribution >= 0.6 is 0 Å². The number of benzene rings is 2. The third kappa shape index (κ3) is 3.30. The summed E-state index contributed by atoms with van der Waals surface area (Å²) in [6, 6.07) is 13.5. The largest absolute Gasteiger partial charge is 0.360 e. The van der Waals surface area contributed by atoms with Crippen molar-refractivity contribution >= 4 is 27.8 Å². The zero-order valence-corrected chi connectivity index (χ0v) is 17.6. The van der Waals surface area contributed by atoms with Gasteiger partial charge in [0.15, 0.2) is 11.5 Å². The number of aromatic nitrogens is 5. The first kappa shape index (κ1) is 19.9. The van der Waals surface area contributed by atoms with Crippen molar-refractivity contribution < 1.29 is 4.39 Å². The normalized spacial score (nSPS) is 12.3. The SMILES string of the molecule is CC[C@@H](Nc1ncnc2[nH]cnc12)c1cc2cccc(C)c2c(=O)n1-c1ccc(F)cc1. The number of pyridine rings is 1. The van der Waals surface area contributed by atoms with Gasteiger partial charge in [-0.05, 0) is 54.6 Å². The monoisotopic (exact) mass is 428 g/mol. The van der Waals surface area contributed by atoms with E-state index in [0.29, 0.717) is 34.5 Å². The van der Waals surface area contributed by atoms with E-state index in [9.17, 15) is 9.18 Å². The van der Waals surface area contributed by atoms with Gasteiger partial charge in [-0.25, -0.2) is 19.3 Å². The van der Waals surface area contributed by atoms with Crippen molar-refractivity contribution in [3.63, 3.8) is 0 Å². The van der Waals surface area contributed by atoms with Crippen molar-refractivity contribution in [2.24, 2.45) is 0 Å². The van der Waals surface area contributed by atoms with Gasteiger partial charge in [-0.3, -0.25) is 9.36 Å². The van der Waals surface area contributed by atoms with Crippen molar-refractivity contribution in [1.82, 2.24) is 24.5 Å². The van der Waals surface area contributed by atoms with Gasteiger partial charge in [0, 0.05) is 11.4 Å². The molecule has 32 heavy (non-hydrogen) atoms. The Bertz CT molecular complexity index is 1490. The van der Waals surface area contributed by atoms with E-state index in [2.05, 4.69) is 25.3 Å². The lowest BCUT2D eigenvalue weighted by Crippen LogP contribution is -2.27. The summed E-state index contributed by atoms with van der Waals surface area (Å²) < 4.78 is 15.3. The molecular formula is C24H21FN6O. The van der Waals surface area contributed by atoms with Crippen LogP contribution in [0.3, 0.4) is 0 Å². The number of rotatable bonds is 5. The summed E-state index contributed by atoms with van der Waals surface area (Å²) in [5, 5.41) is 4.94. The predicted molar refractivity (Wildman–Crippen MR) is 123 cm³/mol. The molecule has 0 aliphatic heterocycles. The minimum absolute atomic E-state index is 0.143. The lowest BCUT2D eigenvalue weighted by atomic mass is 10.0. The number of nitrogens with zero attached hydrogens (tertiary/aromatic N) is 4. The summed E-state index contributed by atoms with van der Waals surface area (Å²) in [6.07, 6.45) is 3.71.